The molecule has 0 spiro atoms. The molecule has 0 amide bonds. The summed E-state index contributed by atoms with van der Waals surface area (Å²) in [6, 6.07) is 6.18. The van der Waals surface area contributed by atoms with Crippen molar-refractivity contribution in [3.05, 3.63) is 23.8 Å². The van der Waals surface area contributed by atoms with Crippen LogP contribution >= 0.6 is 0 Å². The zero-order valence-electron chi connectivity index (χ0n) is 12.5. The second-order valence-electron chi connectivity index (χ2n) is 5.63. The van der Waals surface area contributed by atoms with Crippen molar-refractivity contribution in [1.82, 2.24) is 4.90 Å². The molecule has 1 aromatic carbocycles. The predicted octanol–water partition coefficient (Wildman–Crippen LogP) is 1.79. The van der Waals surface area contributed by atoms with Gasteiger partial charge < -0.3 is 10.5 Å². The fourth-order valence-electron chi connectivity index (χ4n) is 2.45. The Kier molecular flexibility index (Phi) is 5.18. The molecule has 2 N–H and O–H groups in total. The minimum atomic E-state index is -1.11. The zero-order chi connectivity index (χ0) is 14.7. The molecule has 0 aromatic heterocycles. The van der Waals surface area contributed by atoms with Crippen molar-refractivity contribution in [3.63, 3.8) is 0 Å². The van der Waals surface area contributed by atoms with Gasteiger partial charge in [-0.05, 0) is 38.5 Å². The maximum atomic E-state index is 12.5. The van der Waals surface area contributed by atoms with Crippen LogP contribution in [0.4, 0.5) is 5.69 Å². The Labute approximate surface area is 123 Å². The Morgan fingerprint density at radius 2 is 2.25 bits per heavy atom. The normalized spacial score (nSPS) is 22.1. The van der Waals surface area contributed by atoms with E-state index in [0.29, 0.717) is 24.1 Å². The Balaban J connectivity index is 2.00. The van der Waals surface area contributed by atoms with Gasteiger partial charge in [-0.2, -0.15) is 0 Å². The topological polar surface area (TPSA) is 55.6 Å². The molecule has 1 fully saturated rings. The Morgan fingerprint density at radius 1 is 1.50 bits per heavy atom. The summed E-state index contributed by atoms with van der Waals surface area (Å²) in [6.07, 6.45) is 0.0210. The van der Waals surface area contributed by atoms with Crippen molar-refractivity contribution in [1.29, 1.82) is 0 Å². The highest BCUT2D eigenvalue weighted by Gasteiger charge is 2.24. The zero-order valence-corrected chi connectivity index (χ0v) is 13.3. The van der Waals surface area contributed by atoms with Gasteiger partial charge in [-0.15, -0.1) is 0 Å². The largest absolute Gasteiger partial charge is 0.398 e. The maximum Gasteiger partial charge on any atom is 0.0821 e. The van der Waals surface area contributed by atoms with E-state index in [4.69, 9.17) is 10.5 Å². The highest BCUT2D eigenvalue weighted by molar-refractivity contribution is 7.85. The third-order valence-electron chi connectivity index (χ3n) is 3.65. The van der Waals surface area contributed by atoms with Gasteiger partial charge in [0.05, 0.1) is 34.2 Å². The number of rotatable bonds is 4. The number of hydrogen-bond acceptors (Lipinski definition) is 4. The van der Waals surface area contributed by atoms with E-state index in [1.807, 2.05) is 25.1 Å². The number of benzene rings is 1. The van der Waals surface area contributed by atoms with E-state index in [0.717, 1.165) is 23.5 Å². The first-order chi connectivity index (χ1) is 9.47. The van der Waals surface area contributed by atoms with E-state index in [9.17, 15) is 4.21 Å². The lowest BCUT2D eigenvalue weighted by atomic mass is 10.2. The highest BCUT2D eigenvalue weighted by atomic mass is 32.2. The van der Waals surface area contributed by atoms with Gasteiger partial charge in [0, 0.05) is 24.8 Å². The first kappa shape index (κ1) is 15.5. The summed E-state index contributed by atoms with van der Waals surface area (Å²) >= 11 is 0. The number of ether oxygens (including phenoxy) is 1. The van der Waals surface area contributed by atoms with Crippen molar-refractivity contribution in [2.24, 2.45) is 0 Å². The molecule has 2 rings (SSSR count). The van der Waals surface area contributed by atoms with E-state index < -0.39 is 10.8 Å². The molecule has 5 heteroatoms. The molecule has 2 unspecified atom stereocenters. The summed E-state index contributed by atoms with van der Waals surface area (Å²) in [5.74, 6) is 0.510. The van der Waals surface area contributed by atoms with Crippen LogP contribution < -0.4 is 5.73 Å². The van der Waals surface area contributed by atoms with Gasteiger partial charge in [-0.25, -0.2) is 0 Å². The lowest BCUT2D eigenvalue weighted by molar-refractivity contribution is -0.0268. The average molecular weight is 296 g/mol. The number of nitrogens with zero attached hydrogens (tertiary/aromatic N) is 1. The summed E-state index contributed by atoms with van der Waals surface area (Å²) in [4.78, 5) is 3.09. The minimum absolute atomic E-state index is 0.0210. The molecule has 112 valence electrons. The van der Waals surface area contributed by atoms with E-state index in [-0.39, 0.29) is 6.10 Å². The smallest absolute Gasteiger partial charge is 0.0821 e. The molecule has 0 radical (unpaired) electrons. The average Bonchev–Trinajstić information content (AvgIpc) is 2.38. The van der Waals surface area contributed by atoms with E-state index in [1.165, 1.54) is 0 Å². The van der Waals surface area contributed by atoms with Crippen LogP contribution in [-0.2, 0) is 15.5 Å². The molecule has 0 saturated carbocycles. The molecule has 2 atom stereocenters. The van der Waals surface area contributed by atoms with E-state index >= 15 is 0 Å². The Morgan fingerprint density at radius 3 is 2.90 bits per heavy atom. The molecule has 0 bridgehead atoms. The molecule has 0 aliphatic carbocycles. The minimum Gasteiger partial charge on any atom is -0.398 e. The van der Waals surface area contributed by atoms with Crippen LogP contribution in [0.1, 0.15) is 19.4 Å². The lowest BCUT2D eigenvalue weighted by Crippen LogP contribution is -2.47. The van der Waals surface area contributed by atoms with Gasteiger partial charge in [0.15, 0.2) is 0 Å². The molecule has 1 aliphatic heterocycles. The van der Waals surface area contributed by atoms with Gasteiger partial charge in [-0.1, -0.05) is 6.07 Å². The van der Waals surface area contributed by atoms with Gasteiger partial charge in [-0.3, -0.25) is 9.11 Å². The van der Waals surface area contributed by atoms with Gasteiger partial charge >= 0.3 is 0 Å². The molecular formula is C15H24N2O2S. The van der Waals surface area contributed by atoms with Gasteiger partial charge in [0.25, 0.3) is 0 Å². The number of hydrogen-bond donors (Lipinski definition) is 1. The highest BCUT2D eigenvalue weighted by Crippen LogP contribution is 2.20. The Hall–Kier alpha value is -0.910. The van der Waals surface area contributed by atoms with Gasteiger partial charge in [0.2, 0.25) is 0 Å². The van der Waals surface area contributed by atoms with E-state index in [2.05, 4.69) is 18.7 Å². The predicted molar refractivity (Wildman–Crippen MR) is 83.3 cm³/mol. The number of morpholine rings is 1. The SMILES string of the molecule is Cc1ccc(S(=O)CC2CN(C(C)C)CCO2)c(N)c1. The third-order valence-corrected chi connectivity index (χ3v) is 5.19. The van der Waals surface area contributed by atoms with Crippen molar-refractivity contribution >= 4 is 16.5 Å². The monoisotopic (exact) mass is 296 g/mol. The third kappa shape index (κ3) is 3.81. The molecule has 1 aromatic rings. The van der Waals surface area contributed by atoms with Crippen molar-refractivity contribution in [2.75, 3.05) is 31.2 Å². The van der Waals surface area contributed by atoms with Gasteiger partial charge in [0.1, 0.15) is 0 Å². The first-order valence-corrected chi connectivity index (χ1v) is 8.39. The molecule has 1 heterocycles. The van der Waals surface area contributed by atoms with Crippen LogP contribution in [0.3, 0.4) is 0 Å². The number of nitrogen functional groups attached to an aromatic ring is 1. The first-order valence-electron chi connectivity index (χ1n) is 7.07. The van der Waals surface area contributed by atoms with Crippen LogP contribution in [-0.4, -0.2) is 46.7 Å². The fourth-order valence-corrected chi connectivity index (χ4v) is 3.71. The van der Waals surface area contributed by atoms with Crippen LogP contribution in [0.2, 0.25) is 0 Å². The van der Waals surface area contributed by atoms with Crippen LogP contribution in [0.15, 0.2) is 23.1 Å². The van der Waals surface area contributed by atoms with Crippen molar-refractivity contribution in [3.8, 4) is 0 Å². The summed E-state index contributed by atoms with van der Waals surface area (Å²) in [5, 5.41) is 0. The molecule has 1 saturated heterocycles. The van der Waals surface area contributed by atoms with Crippen LogP contribution in [0.25, 0.3) is 0 Å². The molecular weight excluding hydrogens is 272 g/mol. The summed E-state index contributed by atoms with van der Waals surface area (Å²) in [7, 11) is -1.11. The molecule has 1 aliphatic rings. The molecule has 4 nitrogen and oxygen atoms in total. The second-order valence-corrected chi connectivity index (χ2v) is 7.10. The lowest BCUT2D eigenvalue weighted by Gasteiger charge is -2.35. The molecule has 20 heavy (non-hydrogen) atoms. The summed E-state index contributed by atoms with van der Waals surface area (Å²) in [5.41, 5.74) is 7.66. The van der Waals surface area contributed by atoms with Crippen LogP contribution in [0, 0.1) is 6.92 Å². The quantitative estimate of drug-likeness (QED) is 0.861. The van der Waals surface area contributed by atoms with Crippen molar-refractivity contribution in [2.45, 2.75) is 37.8 Å². The summed E-state index contributed by atoms with van der Waals surface area (Å²) in [6.45, 7) is 8.84. The number of aryl methyl sites for hydroxylation is 1. The van der Waals surface area contributed by atoms with Crippen LogP contribution in [0.5, 0.6) is 0 Å². The number of nitrogens with two attached hydrogens (primary N) is 1. The standard InChI is InChI=1S/C15H24N2O2S/c1-11(2)17-6-7-19-13(9-17)10-20(18)15-5-4-12(3)8-14(15)16/h4-5,8,11,13H,6-7,9-10,16H2,1-3H3. The van der Waals surface area contributed by atoms with Crippen molar-refractivity contribution < 1.29 is 8.95 Å². The Bertz CT molecular complexity index is 491. The number of anilines is 1. The summed E-state index contributed by atoms with van der Waals surface area (Å²) < 4.78 is 18.2. The van der Waals surface area contributed by atoms with E-state index in [1.54, 1.807) is 0 Å². The second kappa shape index (κ2) is 6.70. The maximum absolute atomic E-state index is 12.5. The fraction of sp³-hybridized carbons (Fsp3) is 0.600.